The van der Waals surface area contributed by atoms with Gasteiger partial charge in [-0.2, -0.15) is 0 Å². The Morgan fingerprint density at radius 3 is 2.59 bits per heavy atom. The Morgan fingerprint density at radius 2 is 2.06 bits per heavy atom. The first-order valence-corrected chi connectivity index (χ1v) is 6.76. The summed E-state index contributed by atoms with van der Waals surface area (Å²) in [6.45, 7) is 8.86. The largest absolute Gasteiger partial charge is 0.330 e. The Labute approximate surface area is 104 Å². The molecule has 3 heteroatoms. The number of aromatic nitrogens is 2. The van der Waals surface area contributed by atoms with Crippen molar-refractivity contribution in [1.29, 1.82) is 0 Å². The molecule has 1 aromatic heterocycles. The average molecular weight is 235 g/mol. The van der Waals surface area contributed by atoms with E-state index >= 15 is 0 Å². The van der Waals surface area contributed by atoms with E-state index in [1.807, 2.05) is 6.33 Å². The Hall–Kier alpha value is -0.830. The molecule has 17 heavy (non-hydrogen) atoms. The summed E-state index contributed by atoms with van der Waals surface area (Å²) in [5, 5.41) is 0. The molecule has 2 rings (SSSR count). The lowest BCUT2D eigenvalue weighted by molar-refractivity contribution is 0.191. The third kappa shape index (κ3) is 2.39. The van der Waals surface area contributed by atoms with Crippen molar-refractivity contribution in [3.63, 3.8) is 0 Å². The summed E-state index contributed by atoms with van der Waals surface area (Å²) in [7, 11) is 0. The van der Waals surface area contributed by atoms with Gasteiger partial charge in [-0.05, 0) is 44.9 Å². The van der Waals surface area contributed by atoms with Gasteiger partial charge in [-0.15, -0.1) is 0 Å². The van der Waals surface area contributed by atoms with E-state index in [-0.39, 0.29) is 6.04 Å². The second-order valence-electron chi connectivity index (χ2n) is 5.87. The van der Waals surface area contributed by atoms with Crippen molar-refractivity contribution >= 4 is 0 Å². The highest BCUT2D eigenvalue weighted by atomic mass is 15.1. The molecule has 0 aliphatic heterocycles. The van der Waals surface area contributed by atoms with Crippen LogP contribution in [0.25, 0.3) is 0 Å². The van der Waals surface area contributed by atoms with Gasteiger partial charge in [0.1, 0.15) is 0 Å². The summed E-state index contributed by atoms with van der Waals surface area (Å²) in [4.78, 5) is 4.40. The van der Waals surface area contributed by atoms with Gasteiger partial charge in [0, 0.05) is 11.7 Å². The molecule has 1 saturated carbocycles. The SMILES string of the molecule is Cc1ncn(C2CC(C(C)C)CCC2N)c1C. The van der Waals surface area contributed by atoms with Crippen molar-refractivity contribution in [2.75, 3.05) is 0 Å². The van der Waals surface area contributed by atoms with E-state index < -0.39 is 0 Å². The van der Waals surface area contributed by atoms with Gasteiger partial charge in [0.2, 0.25) is 0 Å². The lowest BCUT2D eigenvalue weighted by Gasteiger charge is -2.37. The van der Waals surface area contributed by atoms with E-state index in [1.165, 1.54) is 18.5 Å². The number of aryl methyl sites for hydroxylation is 1. The summed E-state index contributed by atoms with van der Waals surface area (Å²) < 4.78 is 2.30. The summed E-state index contributed by atoms with van der Waals surface area (Å²) in [6.07, 6.45) is 5.60. The molecule has 0 saturated heterocycles. The van der Waals surface area contributed by atoms with Crippen LogP contribution in [0.4, 0.5) is 0 Å². The van der Waals surface area contributed by atoms with Gasteiger partial charge >= 0.3 is 0 Å². The predicted molar refractivity (Wildman–Crippen MR) is 70.9 cm³/mol. The van der Waals surface area contributed by atoms with Gasteiger partial charge in [-0.1, -0.05) is 13.8 Å². The van der Waals surface area contributed by atoms with Crippen LogP contribution in [-0.2, 0) is 0 Å². The molecule has 3 unspecified atom stereocenters. The molecule has 3 atom stereocenters. The molecule has 0 amide bonds. The van der Waals surface area contributed by atoms with Crippen LogP contribution in [-0.4, -0.2) is 15.6 Å². The highest BCUT2D eigenvalue weighted by Crippen LogP contribution is 2.36. The maximum atomic E-state index is 6.30. The van der Waals surface area contributed by atoms with Gasteiger partial charge in [0.15, 0.2) is 0 Å². The zero-order valence-corrected chi connectivity index (χ0v) is 11.5. The second kappa shape index (κ2) is 4.81. The molecule has 0 radical (unpaired) electrons. The molecule has 96 valence electrons. The average Bonchev–Trinajstić information content (AvgIpc) is 2.60. The van der Waals surface area contributed by atoms with Crippen molar-refractivity contribution in [1.82, 2.24) is 9.55 Å². The minimum absolute atomic E-state index is 0.289. The van der Waals surface area contributed by atoms with Crippen molar-refractivity contribution in [2.45, 2.75) is 59.0 Å². The monoisotopic (exact) mass is 235 g/mol. The molecule has 1 heterocycles. The van der Waals surface area contributed by atoms with Crippen LogP contribution in [0, 0.1) is 25.7 Å². The molecule has 0 aromatic carbocycles. The highest BCUT2D eigenvalue weighted by Gasteiger charge is 2.31. The minimum atomic E-state index is 0.289. The second-order valence-corrected chi connectivity index (χ2v) is 5.87. The highest BCUT2D eigenvalue weighted by molar-refractivity contribution is 5.11. The Balaban J connectivity index is 2.21. The van der Waals surface area contributed by atoms with Gasteiger partial charge in [0.25, 0.3) is 0 Å². The van der Waals surface area contributed by atoms with E-state index in [4.69, 9.17) is 5.73 Å². The predicted octanol–water partition coefficient (Wildman–Crippen LogP) is 2.82. The zero-order chi connectivity index (χ0) is 12.6. The topological polar surface area (TPSA) is 43.8 Å². The Morgan fingerprint density at radius 1 is 1.35 bits per heavy atom. The van der Waals surface area contributed by atoms with Crippen molar-refractivity contribution in [3.8, 4) is 0 Å². The van der Waals surface area contributed by atoms with E-state index in [2.05, 4.69) is 37.2 Å². The molecule has 0 bridgehead atoms. The van der Waals surface area contributed by atoms with Crippen molar-refractivity contribution in [3.05, 3.63) is 17.7 Å². The normalized spacial score (nSPS) is 29.9. The molecule has 2 N–H and O–H groups in total. The molecule has 3 nitrogen and oxygen atoms in total. The maximum absolute atomic E-state index is 6.30. The number of hydrogen-bond acceptors (Lipinski definition) is 2. The van der Waals surface area contributed by atoms with Gasteiger partial charge in [0.05, 0.1) is 18.1 Å². The fraction of sp³-hybridized carbons (Fsp3) is 0.786. The number of hydrogen-bond donors (Lipinski definition) is 1. The first kappa shape index (κ1) is 12.6. The van der Waals surface area contributed by atoms with Crippen LogP contribution in [0.1, 0.15) is 50.5 Å². The molecule has 1 aliphatic rings. The van der Waals surface area contributed by atoms with Crippen LogP contribution >= 0.6 is 0 Å². The lowest BCUT2D eigenvalue weighted by Crippen LogP contribution is -2.39. The lowest BCUT2D eigenvalue weighted by atomic mass is 9.77. The number of rotatable bonds is 2. The van der Waals surface area contributed by atoms with Crippen LogP contribution < -0.4 is 5.73 Å². The van der Waals surface area contributed by atoms with Crippen LogP contribution in [0.3, 0.4) is 0 Å². The van der Waals surface area contributed by atoms with E-state index in [9.17, 15) is 0 Å². The van der Waals surface area contributed by atoms with Gasteiger partial charge < -0.3 is 10.3 Å². The standard InChI is InChI=1S/C14H25N3/c1-9(2)12-5-6-13(15)14(7-12)17-8-16-10(3)11(17)4/h8-9,12-14H,5-7,15H2,1-4H3. The van der Waals surface area contributed by atoms with E-state index in [1.54, 1.807) is 0 Å². The van der Waals surface area contributed by atoms with Crippen molar-refractivity contribution < 1.29 is 0 Å². The fourth-order valence-electron chi connectivity index (χ4n) is 2.98. The molecule has 0 spiro atoms. The summed E-state index contributed by atoms with van der Waals surface area (Å²) in [6, 6.07) is 0.731. The van der Waals surface area contributed by atoms with Crippen LogP contribution in [0.5, 0.6) is 0 Å². The third-order valence-electron chi connectivity index (χ3n) is 4.50. The maximum Gasteiger partial charge on any atom is 0.0954 e. The van der Waals surface area contributed by atoms with Crippen LogP contribution in [0.15, 0.2) is 6.33 Å². The Bertz CT molecular complexity index is 381. The molecule has 1 aromatic rings. The first-order valence-electron chi connectivity index (χ1n) is 6.76. The van der Waals surface area contributed by atoms with E-state index in [0.717, 1.165) is 24.0 Å². The van der Waals surface area contributed by atoms with Crippen LogP contribution in [0.2, 0.25) is 0 Å². The zero-order valence-electron chi connectivity index (χ0n) is 11.5. The summed E-state index contributed by atoms with van der Waals surface area (Å²) in [5.74, 6) is 1.57. The summed E-state index contributed by atoms with van der Waals surface area (Å²) >= 11 is 0. The quantitative estimate of drug-likeness (QED) is 0.856. The fourth-order valence-corrected chi connectivity index (χ4v) is 2.98. The van der Waals surface area contributed by atoms with Gasteiger partial charge in [-0.3, -0.25) is 0 Å². The molecule has 1 fully saturated rings. The molecule has 1 aliphatic carbocycles. The Kier molecular flexibility index (Phi) is 3.57. The minimum Gasteiger partial charge on any atom is -0.330 e. The number of nitrogens with two attached hydrogens (primary N) is 1. The van der Waals surface area contributed by atoms with E-state index in [0.29, 0.717) is 6.04 Å². The first-order chi connectivity index (χ1) is 8.00. The number of nitrogens with zero attached hydrogens (tertiary/aromatic N) is 2. The molecular formula is C14H25N3. The summed E-state index contributed by atoms with van der Waals surface area (Å²) in [5.41, 5.74) is 8.70. The smallest absolute Gasteiger partial charge is 0.0954 e. The molecular weight excluding hydrogens is 210 g/mol. The third-order valence-corrected chi connectivity index (χ3v) is 4.50. The number of imidazole rings is 1. The van der Waals surface area contributed by atoms with Gasteiger partial charge in [-0.25, -0.2) is 4.98 Å². The van der Waals surface area contributed by atoms with Crippen molar-refractivity contribution in [2.24, 2.45) is 17.6 Å².